The predicted octanol–water partition coefficient (Wildman–Crippen LogP) is 13.6. The first-order valence-electron chi connectivity index (χ1n) is 20.4. The minimum atomic E-state index is 0. The molecule has 7 aromatic rings. The molecule has 0 aliphatic rings. The van der Waals surface area contributed by atoms with Gasteiger partial charge in [0.2, 0.25) is 0 Å². The molecular weight excluding hydrogens is 880 g/mol. The van der Waals surface area contributed by atoms with Crippen LogP contribution in [0, 0.1) is 42.7 Å². The maximum absolute atomic E-state index is 6.53. The molecule has 0 bridgehead atoms. The summed E-state index contributed by atoms with van der Waals surface area (Å²) in [7, 11) is 0. The molecule has 7 rings (SSSR count). The van der Waals surface area contributed by atoms with Gasteiger partial charge < -0.3 is 9.30 Å². The first-order valence-corrected chi connectivity index (χ1v) is 20.4. The zero-order valence-corrected chi connectivity index (χ0v) is 37.8. The van der Waals surface area contributed by atoms with Gasteiger partial charge in [-0.25, -0.2) is 4.98 Å². The molecule has 0 aliphatic heterocycles. The van der Waals surface area contributed by atoms with Gasteiger partial charge in [-0.15, -0.1) is 35.7 Å². The summed E-state index contributed by atoms with van der Waals surface area (Å²) < 4.78 is 10.7. The van der Waals surface area contributed by atoms with E-state index in [1.54, 1.807) is 0 Å². The van der Waals surface area contributed by atoms with E-state index in [0.29, 0.717) is 17.4 Å². The summed E-state index contributed by atoms with van der Waals surface area (Å²) in [6.07, 6.45) is 12.6. The van der Waals surface area contributed by atoms with Crippen LogP contribution in [0.1, 0.15) is 102 Å². The smallest absolute Gasteiger partial charge is 0.509 e. The van der Waals surface area contributed by atoms with E-state index in [1.165, 1.54) is 33.4 Å². The molecule has 3 heterocycles. The van der Waals surface area contributed by atoms with Gasteiger partial charge in [0.05, 0.1) is 6.20 Å². The van der Waals surface area contributed by atoms with Gasteiger partial charge in [0.1, 0.15) is 5.82 Å². The number of ether oxygens (including phenoxy) is 1. The molecule has 0 amide bonds. The van der Waals surface area contributed by atoms with E-state index in [9.17, 15) is 0 Å². The fraction of sp³-hybridized carbons (Fsp3) is 0.373. The molecule has 4 aromatic carbocycles. The Morgan fingerprint density at radius 1 is 0.737 bits per heavy atom. The molecule has 6 heteroatoms. The predicted molar refractivity (Wildman–Crippen MR) is 234 cm³/mol. The Morgan fingerprint density at radius 3 is 2.11 bits per heavy atom. The third-order valence-electron chi connectivity index (χ3n) is 10.9. The first kappa shape index (κ1) is 42.1. The van der Waals surface area contributed by atoms with Crippen LogP contribution in [-0.4, -0.2) is 19.3 Å². The van der Waals surface area contributed by atoms with E-state index in [-0.39, 0.29) is 31.9 Å². The van der Waals surface area contributed by atoms with Gasteiger partial charge >= 0.3 is 21.1 Å². The fourth-order valence-corrected chi connectivity index (χ4v) is 7.77. The maximum atomic E-state index is 6.53. The van der Waals surface area contributed by atoms with Crippen LogP contribution in [0.4, 0.5) is 0 Å². The Morgan fingerprint density at radius 2 is 1.42 bits per heavy atom. The van der Waals surface area contributed by atoms with Crippen LogP contribution in [0.2, 0.25) is 0 Å². The third-order valence-corrected chi connectivity index (χ3v) is 10.9. The molecular formula is C51H58N4OPt. The Kier molecular flexibility index (Phi) is 12.7. The molecule has 57 heavy (non-hydrogen) atoms. The van der Waals surface area contributed by atoms with E-state index in [4.69, 9.17) is 14.8 Å². The molecule has 0 N–H and O–H groups in total. The van der Waals surface area contributed by atoms with Crippen molar-refractivity contribution in [2.45, 2.75) is 108 Å². The van der Waals surface area contributed by atoms with Crippen molar-refractivity contribution in [3.8, 4) is 34.1 Å². The molecule has 298 valence electrons. The number of hydrogen-bond donors (Lipinski definition) is 0. The second-order valence-corrected chi connectivity index (χ2v) is 18.5. The van der Waals surface area contributed by atoms with E-state index >= 15 is 0 Å². The minimum absolute atomic E-state index is 0. The maximum Gasteiger partial charge on any atom is 2.00 e. The summed E-state index contributed by atoms with van der Waals surface area (Å²) >= 11 is 0. The number of aryl methyl sites for hydroxylation is 3. The van der Waals surface area contributed by atoms with Crippen LogP contribution in [0.25, 0.3) is 44.4 Å². The van der Waals surface area contributed by atoms with Crippen molar-refractivity contribution in [3.63, 3.8) is 0 Å². The van der Waals surface area contributed by atoms with Gasteiger partial charge in [0.25, 0.3) is 0 Å². The van der Waals surface area contributed by atoms with Gasteiger partial charge in [-0.1, -0.05) is 85.2 Å². The topological polar surface area (TPSA) is 44.9 Å². The molecule has 0 radical (unpaired) electrons. The Balaban J connectivity index is 0.00000549. The standard InChI is InChI=1S/C51H58N4O.Pt/c1-34(2)18-19-37-24-27-52-48(29-37)55-46-17-12-11-16-44(46)45-21-20-41(31-47(45)55)56-40-15-13-14-39(30-40)54-33-38(32-53-54)49-42(22-25-50(5,6)7)35(3)28-36(4)43(49)23-26-51(8,9)10;/h11-17,20-21,24,27-29,32-34H,18-19,22-23,25-26H2,1-10H3;/q-2;+2. The monoisotopic (exact) mass is 937 g/mol. The molecule has 0 atom stereocenters. The zero-order chi connectivity index (χ0) is 39.8. The summed E-state index contributed by atoms with van der Waals surface area (Å²) in [4.78, 5) is 4.84. The molecule has 5 nitrogen and oxygen atoms in total. The van der Waals surface area contributed by atoms with Crippen LogP contribution in [0.15, 0.2) is 91.4 Å². The fourth-order valence-electron chi connectivity index (χ4n) is 7.77. The number of nitrogens with zero attached hydrogens (tertiary/aromatic N) is 4. The zero-order valence-electron chi connectivity index (χ0n) is 35.5. The number of rotatable bonds is 12. The summed E-state index contributed by atoms with van der Waals surface area (Å²) in [5, 5.41) is 7.19. The van der Waals surface area contributed by atoms with E-state index in [0.717, 1.165) is 77.4 Å². The summed E-state index contributed by atoms with van der Waals surface area (Å²) in [5.41, 5.74) is 12.7. The van der Waals surface area contributed by atoms with Crippen LogP contribution in [0.3, 0.4) is 0 Å². The summed E-state index contributed by atoms with van der Waals surface area (Å²) in [6.45, 7) is 23.1. The Hall–Kier alpha value is -4.47. The van der Waals surface area contributed by atoms with Crippen molar-refractivity contribution in [1.82, 2.24) is 19.3 Å². The van der Waals surface area contributed by atoms with Crippen molar-refractivity contribution in [2.75, 3.05) is 0 Å². The van der Waals surface area contributed by atoms with E-state index in [2.05, 4.69) is 141 Å². The quantitative estimate of drug-likeness (QED) is 0.115. The van der Waals surface area contributed by atoms with E-state index in [1.807, 2.05) is 41.3 Å². The number of aromatic nitrogens is 4. The number of benzene rings is 4. The van der Waals surface area contributed by atoms with Gasteiger partial charge in [-0.05, 0) is 132 Å². The SMILES string of the molecule is Cc1cc(C)c(CCC(C)(C)C)c(-c2cnn(-c3[c-]c(Oc4[c-]c5c(cc4)c4ccccc4n5-c4cc(CCC(C)C)ccn4)ccc3)c2)c1CCC(C)(C)C.[Pt+2]. The number of pyridine rings is 1. The van der Waals surface area contributed by atoms with Crippen LogP contribution >= 0.6 is 0 Å². The number of hydrogen-bond acceptors (Lipinski definition) is 3. The average Bonchev–Trinajstić information content (AvgIpc) is 3.76. The average molecular weight is 938 g/mol. The van der Waals surface area contributed by atoms with Crippen molar-refractivity contribution < 1.29 is 25.8 Å². The van der Waals surface area contributed by atoms with Gasteiger partial charge in [0, 0.05) is 35.0 Å². The first-order chi connectivity index (χ1) is 26.6. The van der Waals surface area contributed by atoms with E-state index < -0.39 is 0 Å². The molecule has 0 saturated heterocycles. The second-order valence-electron chi connectivity index (χ2n) is 18.5. The Bertz CT molecular complexity index is 2450. The van der Waals surface area contributed by atoms with Crippen LogP contribution in [0.5, 0.6) is 11.5 Å². The van der Waals surface area contributed by atoms with Crippen LogP contribution in [-0.2, 0) is 40.3 Å². The minimum Gasteiger partial charge on any atom is -0.509 e. The number of para-hydroxylation sites is 1. The Labute approximate surface area is 355 Å². The van der Waals surface area contributed by atoms with Crippen molar-refractivity contribution in [1.29, 1.82) is 0 Å². The largest absolute Gasteiger partial charge is 2.00 e. The van der Waals surface area contributed by atoms with Gasteiger partial charge in [0.15, 0.2) is 0 Å². The normalized spacial score (nSPS) is 12.1. The number of fused-ring (bicyclic) bond motifs is 3. The second kappa shape index (κ2) is 17.2. The summed E-state index contributed by atoms with van der Waals surface area (Å²) in [6, 6.07) is 32.5. The van der Waals surface area contributed by atoms with Crippen molar-refractivity contribution in [3.05, 3.63) is 131 Å². The molecule has 0 unspecified atom stereocenters. The van der Waals surface area contributed by atoms with Crippen molar-refractivity contribution >= 4 is 21.8 Å². The van der Waals surface area contributed by atoms with Gasteiger partial charge in [-0.2, -0.15) is 17.2 Å². The summed E-state index contributed by atoms with van der Waals surface area (Å²) in [5.74, 6) is 2.76. The molecule has 0 saturated carbocycles. The van der Waals surface area contributed by atoms with Crippen LogP contribution < -0.4 is 4.74 Å². The molecule has 0 aliphatic carbocycles. The molecule has 0 fully saturated rings. The van der Waals surface area contributed by atoms with Crippen molar-refractivity contribution in [2.24, 2.45) is 16.7 Å². The molecule has 3 aromatic heterocycles. The third kappa shape index (κ3) is 9.81. The molecule has 0 spiro atoms. The van der Waals surface area contributed by atoms with Gasteiger partial charge in [-0.3, -0.25) is 4.68 Å².